The first kappa shape index (κ1) is 15.9. The maximum atomic E-state index is 12.1. The SMILES string of the molecule is N#CCc1ccc(S(=O)(=O)NCCN2CCOCC2)cc1. The topological polar surface area (TPSA) is 82.4 Å². The first-order valence-corrected chi connectivity index (χ1v) is 8.36. The molecule has 1 aliphatic rings. The summed E-state index contributed by atoms with van der Waals surface area (Å²) in [6, 6.07) is 8.43. The predicted molar refractivity (Wildman–Crippen MR) is 78.2 cm³/mol. The van der Waals surface area contributed by atoms with Gasteiger partial charge in [-0.1, -0.05) is 12.1 Å². The average Bonchev–Trinajstić information content (AvgIpc) is 2.49. The van der Waals surface area contributed by atoms with Crippen LogP contribution in [-0.2, 0) is 21.2 Å². The van der Waals surface area contributed by atoms with Crippen LogP contribution in [0.25, 0.3) is 0 Å². The van der Waals surface area contributed by atoms with E-state index in [1.54, 1.807) is 12.1 Å². The van der Waals surface area contributed by atoms with Crippen molar-refractivity contribution in [3.8, 4) is 6.07 Å². The van der Waals surface area contributed by atoms with E-state index in [-0.39, 0.29) is 11.3 Å². The van der Waals surface area contributed by atoms with Crippen LogP contribution in [0.1, 0.15) is 5.56 Å². The standard InChI is InChI=1S/C14H19N3O3S/c15-6-5-13-1-3-14(4-2-13)21(18,19)16-7-8-17-9-11-20-12-10-17/h1-4,16H,5,7-12H2. The molecule has 1 aliphatic heterocycles. The van der Waals surface area contributed by atoms with E-state index in [1.807, 2.05) is 6.07 Å². The number of rotatable bonds is 6. The number of sulfonamides is 1. The summed E-state index contributed by atoms with van der Waals surface area (Å²) in [5, 5.41) is 8.59. The van der Waals surface area contributed by atoms with Gasteiger partial charge in [-0.2, -0.15) is 5.26 Å². The molecule has 1 fully saturated rings. The van der Waals surface area contributed by atoms with Crippen molar-refractivity contribution in [1.82, 2.24) is 9.62 Å². The molecule has 0 amide bonds. The molecule has 0 aromatic heterocycles. The molecule has 6 nitrogen and oxygen atoms in total. The molecule has 0 saturated carbocycles. The normalized spacial score (nSPS) is 16.5. The molecule has 7 heteroatoms. The zero-order chi connectivity index (χ0) is 15.1. The number of morpholine rings is 1. The smallest absolute Gasteiger partial charge is 0.240 e. The molecule has 0 spiro atoms. The van der Waals surface area contributed by atoms with E-state index in [1.165, 1.54) is 12.1 Å². The summed E-state index contributed by atoms with van der Waals surface area (Å²) in [5.74, 6) is 0. The summed E-state index contributed by atoms with van der Waals surface area (Å²) >= 11 is 0. The highest BCUT2D eigenvalue weighted by Crippen LogP contribution is 2.10. The van der Waals surface area contributed by atoms with E-state index < -0.39 is 10.0 Å². The maximum absolute atomic E-state index is 12.1. The van der Waals surface area contributed by atoms with Gasteiger partial charge in [0.05, 0.1) is 30.6 Å². The Labute approximate surface area is 125 Å². The maximum Gasteiger partial charge on any atom is 0.240 e. The lowest BCUT2D eigenvalue weighted by atomic mass is 10.2. The van der Waals surface area contributed by atoms with Crippen LogP contribution >= 0.6 is 0 Å². The van der Waals surface area contributed by atoms with Gasteiger partial charge < -0.3 is 4.74 Å². The van der Waals surface area contributed by atoms with Gasteiger partial charge in [0.1, 0.15) is 0 Å². The Morgan fingerprint density at radius 3 is 2.52 bits per heavy atom. The molecule has 0 bridgehead atoms. The molecule has 114 valence electrons. The summed E-state index contributed by atoms with van der Waals surface area (Å²) in [6.45, 7) is 4.13. The van der Waals surface area contributed by atoms with Crippen LogP contribution in [0.5, 0.6) is 0 Å². The fourth-order valence-electron chi connectivity index (χ4n) is 2.12. The molecule has 0 aliphatic carbocycles. The Morgan fingerprint density at radius 1 is 1.24 bits per heavy atom. The van der Waals surface area contributed by atoms with Crippen LogP contribution in [0.15, 0.2) is 29.2 Å². The largest absolute Gasteiger partial charge is 0.379 e. The van der Waals surface area contributed by atoms with Gasteiger partial charge in [0.2, 0.25) is 10.0 Å². The molecular weight excluding hydrogens is 290 g/mol. The lowest BCUT2D eigenvalue weighted by Crippen LogP contribution is -2.41. The molecule has 21 heavy (non-hydrogen) atoms. The quantitative estimate of drug-likeness (QED) is 0.820. The lowest BCUT2D eigenvalue weighted by Gasteiger charge is -2.26. The summed E-state index contributed by atoms with van der Waals surface area (Å²) in [6.07, 6.45) is 0.283. The van der Waals surface area contributed by atoms with E-state index in [0.29, 0.717) is 26.3 Å². The number of benzene rings is 1. The van der Waals surface area contributed by atoms with E-state index in [4.69, 9.17) is 10.00 Å². The lowest BCUT2D eigenvalue weighted by molar-refractivity contribution is 0.0390. The Balaban J connectivity index is 1.87. The van der Waals surface area contributed by atoms with Gasteiger partial charge in [-0.05, 0) is 17.7 Å². The molecule has 2 rings (SSSR count). The molecule has 1 saturated heterocycles. The molecule has 1 aromatic rings. The van der Waals surface area contributed by atoms with Gasteiger partial charge in [0.15, 0.2) is 0 Å². The predicted octanol–water partition coefficient (Wildman–Crippen LogP) is 0.363. The van der Waals surface area contributed by atoms with Gasteiger partial charge in [0, 0.05) is 26.2 Å². The highest BCUT2D eigenvalue weighted by molar-refractivity contribution is 7.89. The Kier molecular flexibility index (Phi) is 5.70. The minimum absolute atomic E-state index is 0.228. The fraction of sp³-hybridized carbons (Fsp3) is 0.500. The second-order valence-electron chi connectivity index (χ2n) is 4.83. The third-order valence-electron chi connectivity index (χ3n) is 3.34. The average molecular weight is 309 g/mol. The van der Waals surface area contributed by atoms with Crippen LogP contribution in [0.2, 0.25) is 0 Å². The second kappa shape index (κ2) is 7.52. The van der Waals surface area contributed by atoms with Crippen LogP contribution in [-0.4, -0.2) is 52.7 Å². The summed E-state index contributed by atoms with van der Waals surface area (Å²) in [4.78, 5) is 2.40. The van der Waals surface area contributed by atoms with E-state index in [0.717, 1.165) is 18.7 Å². The van der Waals surface area contributed by atoms with Crippen molar-refractivity contribution in [1.29, 1.82) is 5.26 Å². The van der Waals surface area contributed by atoms with E-state index in [9.17, 15) is 8.42 Å². The monoisotopic (exact) mass is 309 g/mol. The fourth-order valence-corrected chi connectivity index (χ4v) is 3.15. The third-order valence-corrected chi connectivity index (χ3v) is 4.82. The number of ether oxygens (including phenoxy) is 1. The minimum Gasteiger partial charge on any atom is -0.379 e. The number of nitriles is 1. The number of nitrogens with zero attached hydrogens (tertiary/aromatic N) is 2. The summed E-state index contributed by atoms with van der Waals surface area (Å²) < 4.78 is 32.1. The van der Waals surface area contributed by atoms with Gasteiger partial charge in [0.25, 0.3) is 0 Å². The van der Waals surface area contributed by atoms with Crippen molar-refractivity contribution in [3.05, 3.63) is 29.8 Å². The highest BCUT2D eigenvalue weighted by atomic mass is 32.2. The van der Waals surface area contributed by atoms with Crippen molar-refractivity contribution in [2.45, 2.75) is 11.3 Å². The molecule has 0 atom stereocenters. The summed E-state index contributed by atoms with van der Waals surface area (Å²) in [7, 11) is -3.48. The van der Waals surface area contributed by atoms with Gasteiger partial charge >= 0.3 is 0 Å². The minimum atomic E-state index is -3.48. The molecule has 1 N–H and O–H groups in total. The van der Waals surface area contributed by atoms with Crippen molar-refractivity contribution < 1.29 is 13.2 Å². The van der Waals surface area contributed by atoms with Crippen LogP contribution < -0.4 is 4.72 Å². The molecule has 1 aromatic carbocycles. The summed E-state index contributed by atoms with van der Waals surface area (Å²) in [5.41, 5.74) is 0.810. The number of nitrogens with one attached hydrogen (secondary N) is 1. The molecule has 0 radical (unpaired) electrons. The first-order valence-electron chi connectivity index (χ1n) is 6.87. The van der Waals surface area contributed by atoms with Gasteiger partial charge in [-0.25, -0.2) is 13.1 Å². The number of hydrogen-bond acceptors (Lipinski definition) is 5. The van der Waals surface area contributed by atoms with Gasteiger partial charge in [-0.15, -0.1) is 0 Å². The molecule has 0 unspecified atom stereocenters. The van der Waals surface area contributed by atoms with E-state index in [2.05, 4.69) is 9.62 Å². The number of hydrogen-bond donors (Lipinski definition) is 1. The zero-order valence-corrected chi connectivity index (χ0v) is 12.6. The Morgan fingerprint density at radius 2 is 1.90 bits per heavy atom. The van der Waals surface area contributed by atoms with Crippen molar-refractivity contribution >= 4 is 10.0 Å². The molecular formula is C14H19N3O3S. The van der Waals surface area contributed by atoms with Crippen molar-refractivity contribution in [3.63, 3.8) is 0 Å². The Hall–Kier alpha value is -1.46. The van der Waals surface area contributed by atoms with Crippen LogP contribution in [0.4, 0.5) is 0 Å². The van der Waals surface area contributed by atoms with Crippen LogP contribution in [0, 0.1) is 11.3 Å². The first-order chi connectivity index (χ1) is 10.1. The van der Waals surface area contributed by atoms with Crippen molar-refractivity contribution in [2.75, 3.05) is 39.4 Å². The Bertz CT molecular complexity index is 587. The zero-order valence-electron chi connectivity index (χ0n) is 11.8. The second-order valence-corrected chi connectivity index (χ2v) is 6.60. The third kappa shape index (κ3) is 4.79. The molecule has 1 heterocycles. The van der Waals surface area contributed by atoms with Crippen LogP contribution in [0.3, 0.4) is 0 Å². The highest BCUT2D eigenvalue weighted by Gasteiger charge is 2.15. The van der Waals surface area contributed by atoms with Gasteiger partial charge in [-0.3, -0.25) is 4.90 Å². The van der Waals surface area contributed by atoms with E-state index >= 15 is 0 Å². The van der Waals surface area contributed by atoms with Crippen molar-refractivity contribution in [2.24, 2.45) is 0 Å².